The molecule has 1 aliphatic rings. The first-order valence-electron chi connectivity index (χ1n) is 7.28. The zero-order chi connectivity index (χ0) is 13.7. The van der Waals surface area contributed by atoms with Gasteiger partial charge in [0.1, 0.15) is 0 Å². The van der Waals surface area contributed by atoms with Crippen molar-refractivity contribution in [3.8, 4) is 0 Å². The molecule has 1 aromatic heterocycles. The molecular formula is C14H25N3OS. The molecule has 1 aliphatic carbocycles. The Morgan fingerprint density at radius 1 is 1.47 bits per heavy atom. The Labute approximate surface area is 118 Å². The number of hydrogen-bond donors (Lipinski definition) is 1. The maximum atomic E-state index is 12.0. The van der Waals surface area contributed by atoms with Gasteiger partial charge in [0, 0.05) is 22.7 Å². The Kier molecular flexibility index (Phi) is 5.58. The molecule has 1 aromatic rings. The third-order valence-electron chi connectivity index (χ3n) is 3.79. The number of aromatic nitrogens is 2. The Bertz CT molecular complexity index is 413. The molecule has 2 N–H and O–H groups in total. The largest absolute Gasteiger partial charge is 0.330 e. The summed E-state index contributed by atoms with van der Waals surface area (Å²) in [5, 5.41) is 4.60. The maximum absolute atomic E-state index is 12.0. The van der Waals surface area contributed by atoms with Crippen LogP contribution in [0.2, 0.25) is 0 Å². The molecule has 0 saturated heterocycles. The van der Waals surface area contributed by atoms with Crippen LogP contribution in [0, 0.1) is 5.92 Å². The molecule has 0 aliphatic heterocycles. The number of hydrogen-bond acceptors (Lipinski definition) is 3. The average Bonchev–Trinajstić information content (AvgIpc) is 2.88. The van der Waals surface area contributed by atoms with Crippen molar-refractivity contribution in [2.45, 2.75) is 50.8 Å². The molecule has 4 nitrogen and oxygen atoms in total. The van der Waals surface area contributed by atoms with Crippen LogP contribution in [0.25, 0.3) is 0 Å². The van der Waals surface area contributed by atoms with Gasteiger partial charge in [0.05, 0.1) is 17.5 Å². The predicted molar refractivity (Wildman–Crippen MR) is 79.3 cm³/mol. The van der Waals surface area contributed by atoms with Gasteiger partial charge in [0.25, 0.3) is 0 Å². The molecule has 108 valence electrons. The first-order chi connectivity index (χ1) is 9.19. The molecule has 0 amide bonds. The summed E-state index contributed by atoms with van der Waals surface area (Å²) in [5.74, 6) is 1.55. The summed E-state index contributed by atoms with van der Waals surface area (Å²) in [6.45, 7) is 2.64. The van der Waals surface area contributed by atoms with Gasteiger partial charge in [0.15, 0.2) is 0 Å². The molecule has 2 rings (SSSR count). The highest BCUT2D eigenvalue weighted by Crippen LogP contribution is 2.27. The lowest BCUT2D eigenvalue weighted by Gasteiger charge is -2.21. The van der Waals surface area contributed by atoms with Crippen LogP contribution in [-0.4, -0.2) is 26.3 Å². The summed E-state index contributed by atoms with van der Waals surface area (Å²) in [7, 11) is -0.848. The molecule has 2 atom stereocenters. The van der Waals surface area contributed by atoms with E-state index in [-0.39, 0.29) is 0 Å². The number of nitrogens with zero attached hydrogens (tertiary/aromatic N) is 2. The van der Waals surface area contributed by atoms with E-state index >= 15 is 0 Å². The first-order valence-corrected chi connectivity index (χ1v) is 8.77. The lowest BCUT2D eigenvalue weighted by atomic mass is 9.96. The highest BCUT2D eigenvalue weighted by Gasteiger charge is 2.16. The van der Waals surface area contributed by atoms with E-state index in [0.29, 0.717) is 30.0 Å². The molecule has 1 fully saturated rings. The van der Waals surface area contributed by atoms with Crippen LogP contribution < -0.4 is 5.73 Å². The van der Waals surface area contributed by atoms with Gasteiger partial charge < -0.3 is 5.73 Å². The summed E-state index contributed by atoms with van der Waals surface area (Å²) in [4.78, 5) is 0. The Morgan fingerprint density at radius 3 is 2.89 bits per heavy atom. The molecule has 5 heteroatoms. The molecule has 0 spiro atoms. The van der Waals surface area contributed by atoms with Gasteiger partial charge in [-0.3, -0.25) is 8.89 Å². The van der Waals surface area contributed by atoms with E-state index < -0.39 is 10.8 Å². The van der Waals surface area contributed by atoms with Gasteiger partial charge in [-0.2, -0.15) is 5.10 Å². The van der Waals surface area contributed by atoms with Crippen molar-refractivity contribution in [1.82, 2.24) is 9.78 Å². The third-order valence-corrected chi connectivity index (χ3v) is 5.35. The Balaban J connectivity index is 1.88. The van der Waals surface area contributed by atoms with Crippen LogP contribution in [-0.2, 0) is 16.6 Å². The summed E-state index contributed by atoms with van der Waals surface area (Å²) in [6, 6.07) is 2.57. The lowest BCUT2D eigenvalue weighted by molar-refractivity contribution is 0.328. The third kappa shape index (κ3) is 4.42. The Morgan fingerprint density at radius 2 is 2.21 bits per heavy atom. The minimum Gasteiger partial charge on any atom is -0.330 e. The van der Waals surface area contributed by atoms with Gasteiger partial charge >= 0.3 is 0 Å². The van der Waals surface area contributed by atoms with Crippen molar-refractivity contribution in [2.24, 2.45) is 11.7 Å². The van der Waals surface area contributed by atoms with E-state index in [1.54, 1.807) is 0 Å². The van der Waals surface area contributed by atoms with Crippen LogP contribution in [0.4, 0.5) is 0 Å². The molecule has 0 radical (unpaired) electrons. The number of rotatable bonds is 6. The van der Waals surface area contributed by atoms with Crippen LogP contribution in [0.1, 0.15) is 50.8 Å². The fourth-order valence-corrected chi connectivity index (χ4v) is 3.99. The molecular weight excluding hydrogens is 258 g/mol. The monoisotopic (exact) mass is 283 g/mol. The van der Waals surface area contributed by atoms with E-state index in [9.17, 15) is 4.21 Å². The molecule has 1 heterocycles. The predicted octanol–water partition coefficient (Wildman–Crippen LogP) is 2.23. The minimum absolute atomic E-state index is 0.321. The highest BCUT2D eigenvalue weighted by molar-refractivity contribution is 7.84. The van der Waals surface area contributed by atoms with E-state index in [1.165, 1.54) is 32.1 Å². The van der Waals surface area contributed by atoms with Crippen molar-refractivity contribution in [2.75, 3.05) is 12.3 Å². The summed E-state index contributed by atoms with van der Waals surface area (Å²) < 4.78 is 14.1. The van der Waals surface area contributed by atoms with Gasteiger partial charge in [-0.05, 0) is 31.4 Å². The van der Waals surface area contributed by atoms with Crippen molar-refractivity contribution in [3.63, 3.8) is 0 Å². The molecule has 0 aromatic carbocycles. The summed E-state index contributed by atoms with van der Waals surface area (Å²) in [5.41, 5.74) is 6.51. The van der Waals surface area contributed by atoms with Crippen LogP contribution >= 0.6 is 0 Å². The fourth-order valence-electron chi connectivity index (χ4n) is 2.61. The van der Waals surface area contributed by atoms with E-state index in [1.807, 2.05) is 13.0 Å². The van der Waals surface area contributed by atoms with E-state index in [4.69, 9.17) is 5.73 Å². The second-order valence-electron chi connectivity index (χ2n) is 5.67. The molecule has 19 heavy (non-hydrogen) atoms. The second-order valence-corrected chi connectivity index (χ2v) is 7.17. The fraction of sp³-hybridized carbons (Fsp3) is 0.786. The van der Waals surface area contributed by atoms with Gasteiger partial charge in [-0.1, -0.05) is 26.2 Å². The standard InChI is InChI=1S/C14H25N3OS/c1-12(9-15)10-19(18)11-13-7-8-17(16-13)14-5-3-2-4-6-14/h7-8,12,14H,2-6,9-11,15H2,1H3. The second kappa shape index (κ2) is 7.20. The topological polar surface area (TPSA) is 60.9 Å². The smallest absolute Gasteiger partial charge is 0.0749 e. The quantitative estimate of drug-likeness (QED) is 0.871. The minimum atomic E-state index is -0.848. The zero-order valence-electron chi connectivity index (χ0n) is 11.8. The first kappa shape index (κ1) is 14.7. The lowest BCUT2D eigenvalue weighted by Crippen LogP contribution is -2.18. The van der Waals surface area contributed by atoms with Crippen molar-refractivity contribution in [1.29, 1.82) is 0 Å². The van der Waals surface area contributed by atoms with Crippen LogP contribution in [0.3, 0.4) is 0 Å². The summed E-state index contributed by atoms with van der Waals surface area (Å²) in [6.07, 6.45) is 8.48. The normalized spacial score (nSPS) is 20.3. The van der Waals surface area contributed by atoms with E-state index in [2.05, 4.69) is 16.0 Å². The van der Waals surface area contributed by atoms with E-state index in [0.717, 1.165) is 5.69 Å². The maximum Gasteiger partial charge on any atom is 0.0749 e. The highest BCUT2D eigenvalue weighted by atomic mass is 32.2. The molecule has 2 unspecified atom stereocenters. The van der Waals surface area contributed by atoms with Crippen molar-refractivity contribution < 1.29 is 4.21 Å². The van der Waals surface area contributed by atoms with Gasteiger partial charge in [-0.15, -0.1) is 0 Å². The number of nitrogens with two attached hydrogens (primary N) is 1. The van der Waals surface area contributed by atoms with Crippen LogP contribution in [0.15, 0.2) is 12.3 Å². The van der Waals surface area contributed by atoms with Crippen molar-refractivity contribution >= 4 is 10.8 Å². The summed E-state index contributed by atoms with van der Waals surface area (Å²) >= 11 is 0. The molecule has 1 saturated carbocycles. The zero-order valence-corrected chi connectivity index (χ0v) is 12.6. The molecule has 0 bridgehead atoms. The van der Waals surface area contributed by atoms with Crippen molar-refractivity contribution in [3.05, 3.63) is 18.0 Å². The van der Waals surface area contributed by atoms with Gasteiger partial charge in [-0.25, -0.2) is 0 Å². The average molecular weight is 283 g/mol. The SMILES string of the molecule is CC(CN)CS(=O)Cc1ccn(C2CCCCC2)n1. The van der Waals surface area contributed by atoms with Crippen LogP contribution in [0.5, 0.6) is 0 Å². The van der Waals surface area contributed by atoms with Gasteiger partial charge in [0.2, 0.25) is 0 Å². The Hall–Kier alpha value is -0.680.